The van der Waals surface area contributed by atoms with Gasteiger partial charge >= 0.3 is 12.2 Å². The Morgan fingerprint density at radius 3 is 2.24 bits per heavy atom. The third kappa shape index (κ3) is 6.06. The average molecular weight is 355 g/mol. The van der Waals surface area contributed by atoms with Gasteiger partial charge in [0.05, 0.1) is 0 Å². The van der Waals surface area contributed by atoms with E-state index in [-0.39, 0.29) is 12.1 Å². The lowest BCUT2D eigenvalue weighted by Crippen LogP contribution is -2.53. The normalized spacial score (nSPS) is 23.6. The number of carboxylic acid groups (broad SMARTS) is 1. The lowest BCUT2D eigenvalue weighted by molar-refractivity contribution is 0.0170. The molecule has 1 atom stereocenters. The quantitative estimate of drug-likeness (QED) is 0.843. The summed E-state index contributed by atoms with van der Waals surface area (Å²) in [5, 5.41) is 9.08. The zero-order valence-electron chi connectivity index (χ0n) is 16.0. The van der Waals surface area contributed by atoms with Crippen molar-refractivity contribution in [2.24, 2.45) is 5.92 Å². The van der Waals surface area contributed by atoms with Gasteiger partial charge in [-0.25, -0.2) is 9.59 Å². The standard InChI is InChI=1S/C18H33N3O4/c1-14-13-21(16(22)23)12-11-19(14)8-5-15-6-9-20(10-7-15)17(24)25-18(2,3)4/h14-15H,5-13H2,1-4H3,(H,22,23)/t14-/m0/s1. The Hall–Kier alpha value is -1.50. The first-order valence-corrected chi connectivity index (χ1v) is 9.35. The minimum absolute atomic E-state index is 0.204. The molecule has 1 N–H and O–H groups in total. The number of ether oxygens (including phenoxy) is 1. The molecular weight excluding hydrogens is 322 g/mol. The molecule has 0 aromatic rings. The first-order chi connectivity index (χ1) is 11.7. The van der Waals surface area contributed by atoms with E-state index in [0.29, 0.717) is 19.0 Å². The van der Waals surface area contributed by atoms with Crippen molar-refractivity contribution >= 4 is 12.2 Å². The highest BCUT2D eigenvalue weighted by Crippen LogP contribution is 2.23. The molecule has 0 bridgehead atoms. The summed E-state index contributed by atoms with van der Waals surface area (Å²) < 4.78 is 5.44. The molecule has 0 aliphatic carbocycles. The van der Waals surface area contributed by atoms with E-state index in [2.05, 4.69) is 11.8 Å². The number of piperidine rings is 1. The van der Waals surface area contributed by atoms with Crippen LogP contribution in [0.25, 0.3) is 0 Å². The molecule has 25 heavy (non-hydrogen) atoms. The summed E-state index contributed by atoms with van der Waals surface area (Å²) in [7, 11) is 0. The predicted molar refractivity (Wildman–Crippen MR) is 95.8 cm³/mol. The number of carbonyl (C=O) groups is 2. The number of amides is 2. The Bertz CT molecular complexity index is 469. The lowest BCUT2D eigenvalue weighted by Gasteiger charge is -2.40. The maximum atomic E-state index is 12.1. The van der Waals surface area contributed by atoms with E-state index < -0.39 is 11.7 Å². The van der Waals surface area contributed by atoms with Gasteiger partial charge in [-0.3, -0.25) is 4.90 Å². The van der Waals surface area contributed by atoms with Crippen molar-refractivity contribution in [1.29, 1.82) is 0 Å². The summed E-state index contributed by atoms with van der Waals surface area (Å²) in [6, 6.07) is 0.270. The molecule has 0 saturated carbocycles. The smallest absolute Gasteiger partial charge is 0.410 e. The summed E-state index contributed by atoms with van der Waals surface area (Å²) in [5.41, 5.74) is -0.442. The van der Waals surface area contributed by atoms with Crippen LogP contribution in [0.15, 0.2) is 0 Å². The Balaban J connectivity index is 1.69. The molecule has 2 aliphatic heterocycles. The highest BCUT2D eigenvalue weighted by atomic mass is 16.6. The molecule has 0 aromatic heterocycles. The van der Waals surface area contributed by atoms with Gasteiger partial charge in [-0.1, -0.05) is 0 Å². The van der Waals surface area contributed by atoms with Crippen LogP contribution in [0, 0.1) is 5.92 Å². The van der Waals surface area contributed by atoms with Crippen LogP contribution in [0.3, 0.4) is 0 Å². The van der Waals surface area contributed by atoms with Gasteiger partial charge < -0.3 is 19.6 Å². The van der Waals surface area contributed by atoms with E-state index in [9.17, 15) is 9.59 Å². The highest BCUT2D eigenvalue weighted by molar-refractivity contribution is 5.68. The summed E-state index contributed by atoms with van der Waals surface area (Å²) in [6.07, 6.45) is 2.12. The van der Waals surface area contributed by atoms with Gasteiger partial charge in [0.15, 0.2) is 0 Å². The molecule has 2 amide bonds. The second-order valence-corrected chi connectivity index (χ2v) is 8.31. The fourth-order valence-corrected chi connectivity index (χ4v) is 3.58. The molecule has 0 radical (unpaired) electrons. The zero-order valence-corrected chi connectivity index (χ0v) is 16.0. The van der Waals surface area contributed by atoms with Crippen molar-refractivity contribution in [3.8, 4) is 0 Å². The number of likely N-dealkylation sites (tertiary alicyclic amines) is 1. The Labute approximate surface area is 150 Å². The fourth-order valence-electron chi connectivity index (χ4n) is 3.58. The van der Waals surface area contributed by atoms with Gasteiger partial charge in [-0.2, -0.15) is 0 Å². The number of piperazine rings is 1. The van der Waals surface area contributed by atoms with Crippen LogP contribution in [-0.2, 0) is 4.74 Å². The van der Waals surface area contributed by atoms with Crippen LogP contribution in [0.5, 0.6) is 0 Å². The Morgan fingerprint density at radius 2 is 1.72 bits per heavy atom. The van der Waals surface area contributed by atoms with Crippen LogP contribution in [-0.4, -0.2) is 82.9 Å². The third-order valence-corrected chi connectivity index (χ3v) is 5.13. The minimum atomic E-state index is -0.819. The first-order valence-electron chi connectivity index (χ1n) is 9.35. The maximum Gasteiger partial charge on any atom is 0.410 e. The topological polar surface area (TPSA) is 73.3 Å². The van der Waals surface area contributed by atoms with Gasteiger partial charge in [-0.05, 0) is 59.4 Å². The SMILES string of the molecule is C[C@H]1CN(C(=O)O)CCN1CCC1CCN(C(=O)OC(C)(C)C)CC1. The summed E-state index contributed by atoms with van der Waals surface area (Å²) in [5.74, 6) is 0.628. The number of nitrogens with zero attached hydrogens (tertiary/aromatic N) is 3. The first kappa shape index (κ1) is 19.8. The number of rotatable bonds is 3. The Kier molecular flexibility index (Phi) is 6.54. The monoisotopic (exact) mass is 355 g/mol. The lowest BCUT2D eigenvalue weighted by atomic mass is 9.93. The number of hydrogen-bond donors (Lipinski definition) is 1. The van der Waals surface area contributed by atoms with Crippen LogP contribution >= 0.6 is 0 Å². The highest BCUT2D eigenvalue weighted by Gasteiger charge is 2.29. The van der Waals surface area contributed by atoms with Gasteiger partial charge in [0, 0.05) is 38.8 Å². The maximum absolute atomic E-state index is 12.1. The van der Waals surface area contributed by atoms with Crippen molar-refractivity contribution in [2.45, 2.75) is 58.6 Å². The molecule has 0 spiro atoms. The molecule has 0 unspecified atom stereocenters. The number of carbonyl (C=O) groups excluding carboxylic acids is 1. The van der Waals surface area contributed by atoms with Crippen LogP contribution in [0.2, 0.25) is 0 Å². The largest absolute Gasteiger partial charge is 0.465 e. The predicted octanol–water partition coefficient (Wildman–Crippen LogP) is 2.71. The molecule has 0 aromatic carbocycles. The molecule has 144 valence electrons. The molecule has 2 fully saturated rings. The molecule has 2 rings (SSSR count). The second kappa shape index (κ2) is 8.25. The number of hydrogen-bond acceptors (Lipinski definition) is 4. The van der Waals surface area contributed by atoms with E-state index in [1.165, 1.54) is 4.90 Å². The van der Waals surface area contributed by atoms with Gasteiger partial charge in [0.25, 0.3) is 0 Å². The van der Waals surface area contributed by atoms with Crippen LogP contribution in [0.4, 0.5) is 9.59 Å². The van der Waals surface area contributed by atoms with E-state index in [0.717, 1.165) is 45.4 Å². The minimum Gasteiger partial charge on any atom is -0.465 e. The molecule has 7 heteroatoms. The van der Waals surface area contributed by atoms with E-state index in [1.807, 2.05) is 25.7 Å². The summed E-state index contributed by atoms with van der Waals surface area (Å²) in [4.78, 5) is 28.9. The summed E-state index contributed by atoms with van der Waals surface area (Å²) >= 11 is 0. The van der Waals surface area contributed by atoms with E-state index in [4.69, 9.17) is 9.84 Å². The molecule has 2 aliphatic rings. The molecule has 2 saturated heterocycles. The van der Waals surface area contributed by atoms with Crippen molar-refractivity contribution in [3.63, 3.8) is 0 Å². The third-order valence-electron chi connectivity index (χ3n) is 5.13. The molecule has 7 nitrogen and oxygen atoms in total. The molecule has 2 heterocycles. The average Bonchev–Trinajstić information content (AvgIpc) is 2.52. The van der Waals surface area contributed by atoms with Gasteiger partial charge in [0.1, 0.15) is 5.60 Å². The Morgan fingerprint density at radius 1 is 1.08 bits per heavy atom. The van der Waals surface area contributed by atoms with Crippen molar-refractivity contribution in [3.05, 3.63) is 0 Å². The van der Waals surface area contributed by atoms with Crippen LogP contribution < -0.4 is 0 Å². The summed E-state index contributed by atoms with van der Waals surface area (Å²) in [6.45, 7) is 12.3. The van der Waals surface area contributed by atoms with Crippen LogP contribution in [0.1, 0.15) is 47.0 Å². The van der Waals surface area contributed by atoms with Gasteiger partial charge in [0.2, 0.25) is 0 Å². The second-order valence-electron chi connectivity index (χ2n) is 8.31. The zero-order chi connectivity index (χ0) is 18.6. The van der Waals surface area contributed by atoms with E-state index >= 15 is 0 Å². The van der Waals surface area contributed by atoms with Gasteiger partial charge in [-0.15, -0.1) is 0 Å². The van der Waals surface area contributed by atoms with Crippen molar-refractivity contribution in [2.75, 3.05) is 39.3 Å². The van der Waals surface area contributed by atoms with Crippen molar-refractivity contribution in [1.82, 2.24) is 14.7 Å². The van der Waals surface area contributed by atoms with E-state index in [1.54, 1.807) is 0 Å². The molecular formula is C18H33N3O4. The fraction of sp³-hybridized carbons (Fsp3) is 0.889. The van der Waals surface area contributed by atoms with Crippen molar-refractivity contribution < 1.29 is 19.4 Å².